The van der Waals surface area contributed by atoms with Gasteiger partial charge in [-0.3, -0.25) is 19.5 Å². The highest BCUT2D eigenvalue weighted by molar-refractivity contribution is 7.19. The molecule has 0 unspecified atom stereocenters. The van der Waals surface area contributed by atoms with Crippen LogP contribution in [-0.4, -0.2) is 46.6 Å². The molecule has 4 rings (SSSR count). The summed E-state index contributed by atoms with van der Waals surface area (Å²) in [5.41, 5.74) is 0.726. The number of carbonyl (C=O) groups is 2. The lowest BCUT2D eigenvalue weighted by atomic mass is 9.96. The van der Waals surface area contributed by atoms with Crippen LogP contribution in [0, 0.1) is 5.92 Å². The Hall–Kier alpha value is -2.55. The number of hydrogen-bond acceptors (Lipinski definition) is 7. The zero-order valence-electron chi connectivity index (χ0n) is 14.3. The van der Waals surface area contributed by atoms with Crippen LogP contribution in [-0.2, 0) is 9.59 Å². The van der Waals surface area contributed by atoms with Crippen molar-refractivity contribution in [2.75, 3.05) is 34.8 Å². The van der Waals surface area contributed by atoms with Gasteiger partial charge in [-0.2, -0.15) is 0 Å². The number of piperidine rings is 1. The maximum absolute atomic E-state index is 12.4. The number of rotatable bonds is 4. The van der Waals surface area contributed by atoms with Crippen LogP contribution >= 0.6 is 11.3 Å². The van der Waals surface area contributed by atoms with Gasteiger partial charge in [-0.15, -0.1) is 10.2 Å². The highest BCUT2D eigenvalue weighted by atomic mass is 32.1. The van der Waals surface area contributed by atoms with Crippen molar-refractivity contribution in [3.8, 4) is 0 Å². The molecule has 0 saturated carbocycles. The molecule has 9 heteroatoms. The van der Waals surface area contributed by atoms with Gasteiger partial charge < -0.3 is 10.2 Å². The Kier molecular flexibility index (Phi) is 4.79. The Bertz CT molecular complexity index is 788. The first-order chi connectivity index (χ1) is 12.7. The van der Waals surface area contributed by atoms with Crippen molar-refractivity contribution in [2.24, 2.45) is 5.92 Å². The third-order valence-electron chi connectivity index (χ3n) is 4.77. The minimum absolute atomic E-state index is 0.0148. The fourth-order valence-corrected chi connectivity index (χ4v) is 4.25. The van der Waals surface area contributed by atoms with Gasteiger partial charge in [0.1, 0.15) is 0 Å². The zero-order chi connectivity index (χ0) is 17.9. The van der Waals surface area contributed by atoms with Gasteiger partial charge in [0.05, 0.1) is 11.9 Å². The van der Waals surface area contributed by atoms with Crippen LogP contribution in [0.4, 0.5) is 16.0 Å². The first-order valence-corrected chi connectivity index (χ1v) is 9.62. The predicted octanol–water partition coefficient (Wildman–Crippen LogP) is 1.91. The summed E-state index contributed by atoms with van der Waals surface area (Å²) in [7, 11) is 0. The first-order valence-electron chi connectivity index (χ1n) is 8.80. The average Bonchev–Trinajstić information content (AvgIpc) is 3.31. The van der Waals surface area contributed by atoms with E-state index in [1.165, 1.54) is 11.3 Å². The molecule has 136 valence electrons. The van der Waals surface area contributed by atoms with Crippen molar-refractivity contribution in [2.45, 2.75) is 25.7 Å². The molecule has 0 spiro atoms. The highest BCUT2D eigenvalue weighted by Gasteiger charge is 2.29. The number of amides is 2. The van der Waals surface area contributed by atoms with E-state index >= 15 is 0 Å². The largest absolute Gasteiger partial charge is 0.347 e. The van der Waals surface area contributed by atoms with Crippen molar-refractivity contribution in [1.82, 2.24) is 15.2 Å². The maximum Gasteiger partial charge on any atom is 0.228 e. The van der Waals surface area contributed by atoms with Gasteiger partial charge in [-0.05, 0) is 31.4 Å². The molecular formula is C17H20N6O2S. The van der Waals surface area contributed by atoms with Crippen LogP contribution in [0.5, 0.6) is 0 Å². The monoisotopic (exact) mass is 372 g/mol. The normalized spacial score (nSPS) is 18.4. The number of nitrogens with zero attached hydrogens (tertiary/aromatic N) is 5. The number of hydrogen-bond donors (Lipinski definition) is 1. The molecule has 26 heavy (non-hydrogen) atoms. The molecule has 2 amide bonds. The van der Waals surface area contributed by atoms with Gasteiger partial charge in [-0.1, -0.05) is 11.3 Å². The van der Waals surface area contributed by atoms with Crippen LogP contribution < -0.4 is 15.1 Å². The minimum Gasteiger partial charge on any atom is -0.347 e. The van der Waals surface area contributed by atoms with E-state index in [0.29, 0.717) is 11.6 Å². The molecule has 2 aromatic rings. The third kappa shape index (κ3) is 3.52. The second-order valence-electron chi connectivity index (χ2n) is 6.51. The first kappa shape index (κ1) is 16.9. The second-order valence-corrected chi connectivity index (χ2v) is 7.44. The van der Waals surface area contributed by atoms with E-state index in [1.807, 2.05) is 6.07 Å². The fraction of sp³-hybridized carbons (Fsp3) is 0.471. The molecule has 1 N–H and O–H groups in total. The lowest BCUT2D eigenvalue weighted by molar-refractivity contribution is -0.120. The molecule has 4 heterocycles. The molecule has 0 bridgehead atoms. The molecule has 0 radical (unpaired) electrons. The van der Waals surface area contributed by atoms with Gasteiger partial charge in [0, 0.05) is 38.2 Å². The number of pyridine rings is 1. The number of aromatic nitrogens is 3. The Labute approximate surface area is 155 Å². The maximum atomic E-state index is 12.4. The predicted molar refractivity (Wildman–Crippen MR) is 99.3 cm³/mol. The summed E-state index contributed by atoms with van der Waals surface area (Å²) in [6.07, 6.45) is 6.33. The van der Waals surface area contributed by atoms with Gasteiger partial charge in [0.15, 0.2) is 0 Å². The molecule has 2 fully saturated rings. The Balaban J connectivity index is 1.33. The van der Waals surface area contributed by atoms with Crippen molar-refractivity contribution < 1.29 is 9.59 Å². The lowest BCUT2D eigenvalue weighted by Crippen LogP contribution is -2.38. The molecule has 2 aromatic heterocycles. The third-order valence-corrected chi connectivity index (χ3v) is 5.78. The van der Waals surface area contributed by atoms with E-state index < -0.39 is 0 Å². The topological polar surface area (TPSA) is 91.3 Å². The van der Waals surface area contributed by atoms with E-state index in [2.05, 4.69) is 25.4 Å². The van der Waals surface area contributed by atoms with Gasteiger partial charge >= 0.3 is 0 Å². The Morgan fingerprint density at radius 3 is 2.69 bits per heavy atom. The summed E-state index contributed by atoms with van der Waals surface area (Å²) in [4.78, 5) is 32.1. The van der Waals surface area contributed by atoms with Gasteiger partial charge in [0.2, 0.25) is 22.1 Å². The number of anilines is 3. The van der Waals surface area contributed by atoms with Crippen LogP contribution in [0.15, 0.2) is 24.5 Å². The average molecular weight is 372 g/mol. The van der Waals surface area contributed by atoms with Gasteiger partial charge in [-0.25, -0.2) is 0 Å². The Morgan fingerprint density at radius 2 is 2.00 bits per heavy atom. The van der Waals surface area contributed by atoms with E-state index in [-0.39, 0.29) is 17.7 Å². The van der Waals surface area contributed by atoms with Crippen molar-refractivity contribution in [3.63, 3.8) is 0 Å². The van der Waals surface area contributed by atoms with E-state index in [9.17, 15) is 9.59 Å². The standard InChI is InChI=1S/C17H20N6O2S/c24-14-4-2-8-23(14)17-21-20-16(26-17)22-9-5-12(6-10-22)15(25)19-13-3-1-7-18-11-13/h1,3,7,11-12H,2,4-6,8-10H2,(H,19,25). The van der Waals surface area contributed by atoms with Crippen LogP contribution in [0.2, 0.25) is 0 Å². The summed E-state index contributed by atoms with van der Waals surface area (Å²) in [6, 6.07) is 3.64. The van der Waals surface area contributed by atoms with Crippen LogP contribution in [0.25, 0.3) is 0 Å². The fourth-order valence-electron chi connectivity index (χ4n) is 3.31. The molecule has 0 aliphatic carbocycles. The smallest absolute Gasteiger partial charge is 0.228 e. The molecule has 0 aromatic carbocycles. The van der Waals surface area contributed by atoms with E-state index in [0.717, 1.165) is 49.7 Å². The highest BCUT2D eigenvalue weighted by Crippen LogP contribution is 2.32. The minimum atomic E-state index is -0.0148. The lowest BCUT2D eigenvalue weighted by Gasteiger charge is -2.30. The SMILES string of the molecule is O=C(Nc1cccnc1)C1CCN(c2nnc(N3CCCC3=O)s2)CC1. The molecule has 2 aliphatic rings. The summed E-state index contributed by atoms with van der Waals surface area (Å²) in [5, 5.41) is 12.9. The summed E-state index contributed by atoms with van der Waals surface area (Å²) in [6.45, 7) is 2.24. The zero-order valence-corrected chi connectivity index (χ0v) is 15.1. The van der Waals surface area contributed by atoms with Crippen molar-refractivity contribution in [1.29, 1.82) is 0 Å². The molecule has 0 atom stereocenters. The van der Waals surface area contributed by atoms with E-state index in [1.54, 1.807) is 23.4 Å². The molecule has 8 nitrogen and oxygen atoms in total. The van der Waals surface area contributed by atoms with Crippen molar-refractivity contribution >= 4 is 39.1 Å². The van der Waals surface area contributed by atoms with Gasteiger partial charge in [0.25, 0.3) is 0 Å². The number of carbonyl (C=O) groups excluding carboxylic acids is 2. The van der Waals surface area contributed by atoms with Crippen molar-refractivity contribution in [3.05, 3.63) is 24.5 Å². The number of nitrogens with one attached hydrogen (secondary N) is 1. The molecule has 2 saturated heterocycles. The summed E-state index contributed by atoms with van der Waals surface area (Å²) >= 11 is 1.45. The summed E-state index contributed by atoms with van der Waals surface area (Å²) < 4.78 is 0. The quantitative estimate of drug-likeness (QED) is 0.882. The van der Waals surface area contributed by atoms with E-state index in [4.69, 9.17) is 0 Å². The molecular weight excluding hydrogens is 352 g/mol. The molecule has 2 aliphatic heterocycles. The Morgan fingerprint density at radius 1 is 1.19 bits per heavy atom. The summed E-state index contributed by atoms with van der Waals surface area (Å²) in [5.74, 6) is 0.149. The second kappa shape index (κ2) is 7.36. The van der Waals surface area contributed by atoms with Crippen LogP contribution in [0.3, 0.4) is 0 Å². The van der Waals surface area contributed by atoms with Crippen LogP contribution in [0.1, 0.15) is 25.7 Å².